The molecule has 1 aromatic rings. The molecule has 0 amide bonds. The van der Waals surface area contributed by atoms with E-state index in [9.17, 15) is 0 Å². The van der Waals surface area contributed by atoms with Crippen molar-refractivity contribution in [3.63, 3.8) is 0 Å². The van der Waals surface area contributed by atoms with Crippen molar-refractivity contribution < 1.29 is 4.74 Å². The molecule has 1 N–H and O–H groups in total. The summed E-state index contributed by atoms with van der Waals surface area (Å²) < 4.78 is 6.54. The maximum absolute atomic E-state index is 5.35. The number of ether oxygens (including phenoxy) is 1. The van der Waals surface area contributed by atoms with Crippen molar-refractivity contribution in [1.82, 2.24) is 5.32 Å². The Morgan fingerprint density at radius 2 is 2.10 bits per heavy atom. The molecule has 0 spiro atoms. The monoisotopic (exact) mass is 353 g/mol. The van der Waals surface area contributed by atoms with Gasteiger partial charge in [0.15, 0.2) is 0 Å². The van der Waals surface area contributed by atoms with Crippen LogP contribution in [0.1, 0.15) is 51.0 Å². The zero-order valence-electron chi connectivity index (χ0n) is 13.3. The predicted molar refractivity (Wildman–Crippen MR) is 93.1 cm³/mol. The molecule has 0 radical (unpaired) electrons. The lowest BCUT2D eigenvalue weighted by Crippen LogP contribution is -2.31. The molecule has 1 saturated carbocycles. The van der Waals surface area contributed by atoms with E-state index in [0.29, 0.717) is 6.04 Å². The number of halogens is 1. The molecule has 1 unspecified atom stereocenters. The summed E-state index contributed by atoms with van der Waals surface area (Å²) in [6, 6.07) is 6.82. The molecule has 0 heterocycles. The highest BCUT2D eigenvalue weighted by molar-refractivity contribution is 9.10. The van der Waals surface area contributed by atoms with Crippen molar-refractivity contribution in [3.05, 3.63) is 28.2 Å². The minimum Gasteiger partial charge on any atom is -0.497 e. The fraction of sp³-hybridized carbons (Fsp3) is 0.667. The first kappa shape index (κ1) is 16.8. The van der Waals surface area contributed by atoms with E-state index in [1.165, 1.54) is 48.6 Å². The number of methoxy groups -OCH3 is 1. The molecule has 1 fully saturated rings. The van der Waals surface area contributed by atoms with E-state index in [4.69, 9.17) is 4.74 Å². The SMILES string of the molecule is CCNC(CCC1CCCC1)Cc1cc(OC)ccc1Br. The van der Waals surface area contributed by atoms with Crippen LogP contribution in [0, 0.1) is 5.92 Å². The van der Waals surface area contributed by atoms with Crippen LogP contribution in [0.2, 0.25) is 0 Å². The summed E-state index contributed by atoms with van der Waals surface area (Å²) in [7, 11) is 1.73. The summed E-state index contributed by atoms with van der Waals surface area (Å²) in [5, 5.41) is 3.66. The number of hydrogen-bond donors (Lipinski definition) is 1. The fourth-order valence-corrected chi connectivity index (χ4v) is 3.81. The Labute approximate surface area is 137 Å². The first-order valence-electron chi connectivity index (χ1n) is 8.28. The van der Waals surface area contributed by atoms with Crippen LogP contribution in [0.4, 0.5) is 0 Å². The maximum Gasteiger partial charge on any atom is 0.119 e. The number of benzene rings is 1. The lowest BCUT2D eigenvalue weighted by Gasteiger charge is -2.21. The Morgan fingerprint density at radius 1 is 1.33 bits per heavy atom. The quantitative estimate of drug-likeness (QED) is 0.713. The molecule has 1 aliphatic rings. The fourth-order valence-electron chi connectivity index (χ4n) is 3.40. The van der Waals surface area contributed by atoms with Crippen molar-refractivity contribution in [3.8, 4) is 5.75 Å². The van der Waals surface area contributed by atoms with Gasteiger partial charge in [0.05, 0.1) is 7.11 Å². The van der Waals surface area contributed by atoms with Crippen LogP contribution in [0.3, 0.4) is 0 Å². The lowest BCUT2D eigenvalue weighted by molar-refractivity contribution is 0.403. The summed E-state index contributed by atoms with van der Waals surface area (Å²) in [4.78, 5) is 0. The standard InChI is InChI=1S/C18H28BrNO/c1-3-20-16(9-8-14-6-4-5-7-14)12-15-13-17(21-2)10-11-18(15)19/h10-11,13-14,16,20H,3-9,12H2,1-2H3. The van der Waals surface area contributed by atoms with Gasteiger partial charge in [-0.1, -0.05) is 48.5 Å². The zero-order chi connectivity index (χ0) is 15.1. The topological polar surface area (TPSA) is 21.3 Å². The molecule has 0 bridgehead atoms. The third kappa shape index (κ3) is 5.30. The number of rotatable bonds is 8. The van der Waals surface area contributed by atoms with E-state index < -0.39 is 0 Å². The van der Waals surface area contributed by atoms with E-state index >= 15 is 0 Å². The van der Waals surface area contributed by atoms with Gasteiger partial charge in [0.1, 0.15) is 5.75 Å². The molecule has 1 aromatic carbocycles. The predicted octanol–water partition coefficient (Wildman–Crippen LogP) is 4.95. The van der Waals surface area contributed by atoms with Crippen LogP contribution in [-0.4, -0.2) is 19.7 Å². The minimum atomic E-state index is 0.569. The molecule has 118 valence electrons. The summed E-state index contributed by atoms with van der Waals surface area (Å²) in [6.07, 6.45) is 9.50. The normalized spacial score (nSPS) is 17.1. The molecule has 0 aliphatic heterocycles. The van der Waals surface area contributed by atoms with Crippen molar-refractivity contribution in [1.29, 1.82) is 0 Å². The van der Waals surface area contributed by atoms with Crippen LogP contribution in [0.15, 0.2) is 22.7 Å². The van der Waals surface area contributed by atoms with Gasteiger partial charge in [0.25, 0.3) is 0 Å². The summed E-state index contributed by atoms with van der Waals surface area (Å²) in [6.45, 7) is 3.24. The smallest absolute Gasteiger partial charge is 0.119 e. The lowest BCUT2D eigenvalue weighted by atomic mass is 9.95. The Hall–Kier alpha value is -0.540. The summed E-state index contributed by atoms with van der Waals surface area (Å²) >= 11 is 3.67. The maximum atomic E-state index is 5.35. The van der Waals surface area contributed by atoms with Crippen LogP contribution >= 0.6 is 15.9 Å². The number of hydrogen-bond acceptors (Lipinski definition) is 2. The Kier molecular flexibility index (Phi) is 7.05. The van der Waals surface area contributed by atoms with Crippen LogP contribution in [0.25, 0.3) is 0 Å². The first-order valence-corrected chi connectivity index (χ1v) is 9.08. The summed E-state index contributed by atoms with van der Waals surface area (Å²) in [5.74, 6) is 1.92. The van der Waals surface area contributed by atoms with Gasteiger partial charge < -0.3 is 10.1 Å². The highest BCUT2D eigenvalue weighted by Crippen LogP contribution is 2.30. The van der Waals surface area contributed by atoms with Crippen molar-refractivity contribution in [2.45, 2.75) is 57.9 Å². The van der Waals surface area contributed by atoms with E-state index in [0.717, 1.165) is 24.6 Å². The van der Waals surface area contributed by atoms with Gasteiger partial charge in [-0.05, 0) is 55.5 Å². The van der Waals surface area contributed by atoms with Gasteiger partial charge in [0, 0.05) is 10.5 Å². The molecule has 2 nitrogen and oxygen atoms in total. The average molecular weight is 354 g/mol. The molecule has 0 aromatic heterocycles. The minimum absolute atomic E-state index is 0.569. The Balaban J connectivity index is 1.94. The molecule has 2 rings (SSSR count). The second-order valence-electron chi connectivity index (χ2n) is 6.14. The highest BCUT2D eigenvalue weighted by Gasteiger charge is 2.18. The van der Waals surface area contributed by atoms with Gasteiger partial charge in [-0.3, -0.25) is 0 Å². The van der Waals surface area contributed by atoms with Crippen molar-refractivity contribution >= 4 is 15.9 Å². The van der Waals surface area contributed by atoms with E-state index in [1.54, 1.807) is 7.11 Å². The second kappa shape index (κ2) is 8.79. The van der Waals surface area contributed by atoms with E-state index in [2.05, 4.69) is 40.3 Å². The third-order valence-corrected chi connectivity index (χ3v) is 5.38. The molecular weight excluding hydrogens is 326 g/mol. The summed E-state index contributed by atoms with van der Waals surface area (Å²) in [5.41, 5.74) is 1.34. The molecule has 1 aliphatic carbocycles. The van der Waals surface area contributed by atoms with Crippen molar-refractivity contribution in [2.24, 2.45) is 5.92 Å². The average Bonchev–Trinajstić information content (AvgIpc) is 3.00. The molecule has 21 heavy (non-hydrogen) atoms. The van der Waals surface area contributed by atoms with Gasteiger partial charge in [0.2, 0.25) is 0 Å². The van der Waals surface area contributed by atoms with Crippen molar-refractivity contribution in [2.75, 3.05) is 13.7 Å². The Morgan fingerprint density at radius 3 is 2.76 bits per heavy atom. The first-order chi connectivity index (χ1) is 10.2. The molecule has 0 saturated heterocycles. The number of nitrogens with one attached hydrogen (secondary N) is 1. The largest absolute Gasteiger partial charge is 0.497 e. The zero-order valence-corrected chi connectivity index (χ0v) is 14.9. The molecule has 1 atom stereocenters. The molecule has 3 heteroatoms. The van der Waals surface area contributed by atoms with Crippen LogP contribution < -0.4 is 10.1 Å². The third-order valence-electron chi connectivity index (χ3n) is 4.61. The molecular formula is C18H28BrNO. The van der Waals surface area contributed by atoms with Crippen LogP contribution in [-0.2, 0) is 6.42 Å². The van der Waals surface area contributed by atoms with E-state index in [-0.39, 0.29) is 0 Å². The second-order valence-corrected chi connectivity index (χ2v) is 7.00. The Bertz CT molecular complexity index is 429. The van der Waals surface area contributed by atoms with Gasteiger partial charge >= 0.3 is 0 Å². The van der Waals surface area contributed by atoms with Gasteiger partial charge in [-0.2, -0.15) is 0 Å². The highest BCUT2D eigenvalue weighted by atomic mass is 79.9. The van der Waals surface area contributed by atoms with Gasteiger partial charge in [-0.15, -0.1) is 0 Å². The van der Waals surface area contributed by atoms with Crippen LogP contribution in [0.5, 0.6) is 5.75 Å². The van der Waals surface area contributed by atoms with Gasteiger partial charge in [-0.25, -0.2) is 0 Å². The van der Waals surface area contributed by atoms with E-state index in [1.807, 2.05) is 6.07 Å². The number of likely N-dealkylation sites (N-methyl/N-ethyl adjacent to an activating group) is 1.